The Bertz CT molecular complexity index is 443. The van der Waals surface area contributed by atoms with Gasteiger partial charge in [-0.3, -0.25) is 4.79 Å². The molecular weight excluding hydrogens is 228 g/mol. The van der Waals surface area contributed by atoms with E-state index < -0.39 is 0 Å². The van der Waals surface area contributed by atoms with Crippen molar-refractivity contribution in [1.29, 1.82) is 0 Å². The van der Waals surface area contributed by atoms with Crippen molar-refractivity contribution < 1.29 is 9.53 Å². The van der Waals surface area contributed by atoms with Crippen LogP contribution in [0.15, 0.2) is 18.2 Å². The molecular formula is C14H20N2O2. The van der Waals surface area contributed by atoms with E-state index in [1.807, 2.05) is 18.2 Å². The van der Waals surface area contributed by atoms with E-state index in [0.29, 0.717) is 6.61 Å². The number of Topliss-reactive ketones (excluding diaryl/α,β-unsaturated/α-hetero) is 1. The Morgan fingerprint density at radius 1 is 1.44 bits per heavy atom. The standard InChI is InChI=1S/C14H20N2O2/c1-11(17)12-4-5-14-13(10-12)16(8-9-18-14)7-6-15(2)3/h4-5,10H,6-9H2,1-3H3. The van der Waals surface area contributed by atoms with E-state index in [1.54, 1.807) is 6.92 Å². The second-order valence-electron chi connectivity index (χ2n) is 4.88. The molecule has 1 aliphatic heterocycles. The molecule has 0 aromatic heterocycles. The fraction of sp³-hybridized carbons (Fsp3) is 0.500. The average molecular weight is 248 g/mol. The SMILES string of the molecule is CC(=O)c1ccc2c(c1)N(CCN(C)C)CCO2. The lowest BCUT2D eigenvalue weighted by molar-refractivity contribution is 0.101. The molecule has 0 N–H and O–H groups in total. The van der Waals surface area contributed by atoms with E-state index in [9.17, 15) is 4.79 Å². The van der Waals surface area contributed by atoms with Crippen molar-refractivity contribution in [2.75, 3.05) is 45.2 Å². The van der Waals surface area contributed by atoms with E-state index in [-0.39, 0.29) is 5.78 Å². The highest BCUT2D eigenvalue weighted by molar-refractivity contribution is 5.95. The van der Waals surface area contributed by atoms with Gasteiger partial charge in [0.15, 0.2) is 5.78 Å². The summed E-state index contributed by atoms with van der Waals surface area (Å²) in [5.74, 6) is 0.973. The first-order valence-corrected chi connectivity index (χ1v) is 6.25. The highest BCUT2D eigenvalue weighted by Gasteiger charge is 2.19. The highest BCUT2D eigenvalue weighted by atomic mass is 16.5. The molecule has 0 spiro atoms. The molecule has 1 aromatic carbocycles. The molecule has 4 heteroatoms. The summed E-state index contributed by atoms with van der Waals surface area (Å²) in [4.78, 5) is 15.9. The number of ether oxygens (including phenoxy) is 1. The maximum absolute atomic E-state index is 11.4. The minimum atomic E-state index is 0.0935. The molecule has 1 heterocycles. The van der Waals surface area contributed by atoms with Gasteiger partial charge in [-0.15, -0.1) is 0 Å². The van der Waals surface area contributed by atoms with Crippen LogP contribution in [-0.2, 0) is 0 Å². The number of carbonyl (C=O) groups is 1. The van der Waals surface area contributed by atoms with E-state index in [4.69, 9.17) is 4.74 Å². The number of ketones is 1. The minimum Gasteiger partial charge on any atom is -0.490 e. The lowest BCUT2D eigenvalue weighted by Crippen LogP contribution is -2.37. The molecule has 0 saturated heterocycles. The summed E-state index contributed by atoms with van der Waals surface area (Å²) in [5.41, 5.74) is 1.78. The molecule has 2 rings (SSSR count). The van der Waals surface area contributed by atoms with Crippen LogP contribution in [0, 0.1) is 0 Å². The number of carbonyl (C=O) groups excluding carboxylic acids is 1. The maximum Gasteiger partial charge on any atom is 0.159 e. The zero-order valence-corrected chi connectivity index (χ0v) is 11.3. The number of anilines is 1. The van der Waals surface area contributed by atoms with Crippen LogP contribution in [0.25, 0.3) is 0 Å². The zero-order valence-electron chi connectivity index (χ0n) is 11.3. The number of hydrogen-bond acceptors (Lipinski definition) is 4. The summed E-state index contributed by atoms with van der Waals surface area (Å²) in [6.45, 7) is 5.12. The fourth-order valence-corrected chi connectivity index (χ4v) is 2.04. The van der Waals surface area contributed by atoms with Gasteiger partial charge in [0.05, 0.1) is 12.2 Å². The lowest BCUT2D eigenvalue weighted by Gasteiger charge is -2.32. The Labute approximate surface area is 108 Å². The van der Waals surface area contributed by atoms with E-state index in [2.05, 4.69) is 23.9 Å². The summed E-state index contributed by atoms with van der Waals surface area (Å²) < 4.78 is 5.63. The summed E-state index contributed by atoms with van der Waals surface area (Å²) in [7, 11) is 4.13. The minimum absolute atomic E-state index is 0.0935. The van der Waals surface area contributed by atoms with Crippen LogP contribution in [-0.4, -0.2) is 51.0 Å². The summed E-state index contributed by atoms with van der Waals surface area (Å²) in [6, 6.07) is 5.66. The Morgan fingerprint density at radius 3 is 2.89 bits per heavy atom. The van der Waals surface area contributed by atoms with Crippen LogP contribution >= 0.6 is 0 Å². The van der Waals surface area contributed by atoms with Crippen molar-refractivity contribution in [2.45, 2.75) is 6.92 Å². The third-order valence-corrected chi connectivity index (χ3v) is 3.14. The van der Waals surface area contributed by atoms with Crippen molar-refractivity contribution in [2.24, 2.45) is 0 Å². The second kappa shape index (κ2) is 5.40. The number of likely N-dealkylation sites (N-methyl/N-ethyl adjacent to an activating group) is 1. The lowest BCUT2D eigenvalue weighted by atomic mass is 10.1. The van der Waals surface area contributed by atoms with E-state index >= 15 is 0 Å². The van der Waals surface area contributed by atoms with Crippen LogP contribution in [0.1, 0.15) is 17.3 Å². The van der Waals surface area contributed by atoms with Gasteiger partial charge < -0.3 is 14.5 Å². The first-order valence-electron chi connectivity index (χ1n) is 6.25. The maximum atomic E-state index is 11.4. The Morgan fingerprint density at radius 2 is 2.22 bits per heavy atom. The Kier molecular flexibility index (Phi) is 3.87. The molecule has 0 bridgehead atoms. The van der Waals surface area contributed by atoms with Gasteiger partial charge in [0.1, 0.15) is 12.4 Å². The molecule has 0 atom stereocenters. The van der Waals surface area contributed by atoms with E-state index in [0.717, 1.165) is 36.6 Å². The molecule has 18 heavy (non-hydrogen) atoms. The van der Waals surface area contributed by atoms with Crippen molar-refractivity contribution in [3.8, 4) is 5.75 Å². The van der Waals surface area contributed by atoms with Gasteiger partial charge >= 0.3 is 0 Å². The number of fused-ring (bicyclic) bond motifs is 1. The quantitative estimate of drug-likeness (QED) is 0.759. The number of rotatable bonds is 4. The molecule has 0 unspecified atom stereocenters. The third kappa shape index (κ3) is 2.82. The first kappa shape index (κ1) is 12.9. The van der Waals surface area contributed by atoms with Crippen molar-refractivity contribution in [1.82, 2.24) is 4.90 Å². The Balaban J connectivity index is 2.23. The zero-order chi connectivity index (χ0) is 13.1. The molecule has 1 aliphatic rings. The molecule has 1 aromatic rings. The molecule has 4 nitrogen and oxygen atoms in total. The van der Waals surface area contributed by atoms with Gasteiger partial charge in [0.2, 0.25) is 0 Å². The average Bonchev–Trinajstić information content (AvgIpc) is 2.35. The molecule has 0 fully saturated rings. The molecule has 0 aliphatic carbocycles. The predicted octanol–water partition coefficient (Wildman–Crippen LogP) is 1.65. The van der Waals surface area contributed by atoms with Gasteiger partial charge in [-0.1, -0.05) is 0 Å². The largest absolute Gasteiger partial charge is 0.490 e. The molecule has 0 amide bonds. The summed E-state index contributed by atoms with van der Waals surface area (Å²) >= 11 is 0. The normalized spacial score (nSPS) is 14.3. The molecule has 98 valence electrons. The van der Waals surface area contributed by atoms with Gasteiger partial charge in [0, 0.05) is 18.7 Å². The molecule has 0 saturated carbocycles. The highest BCUT2D eigenvalue weighted by Crippen LogP contribution is 2.32. The second-order valence-corrected chi connectivity index (χ2v) is 4.88. The number of nitrogens with zero attached hydrogens (tertiary/aromatic N) is 2. The summed E-state index contributed by atoms with van der Waals surface area (Å²) in [6.07, 6.45) is 0. The Hall–Kier alpha value is -1.55. The van der Waals surface area contributed by atoms with Crippen LogP contribution < -0.4 is 9.64 Å². The van der Waals surface area contributed by atoms with E-state index in [1.165, 1.54) is 0 Å². The van der Waals surface area contributed by atoms with Gasteiger partial charge in [-0.25, -0.2) is 0 Å². The summed E-state index contributed by atoms with van der Waals surface area (Å²) in [5, 5.41) is 0. The fourth-order valence-electron chi connectivity index (χ4n) is 2.04. The topological polar surface area (TPSA) is 32.8 Å². The monoisotopic (exact) mass is 248 g/mol. The number of hydrogen-bond donors (Lipinski definition) is 0. The number of benzene rings is 1. The van der Waals surface area contributed by atoms with Crippen LogP contribution in [0.5, 0.6) is 5.75 Å². The van der Waals surface area contributed by atoms with Crippen molar-refractivity contribution in [3.63, 3.8) is 0 Å². The first-order chi connectivity index (χ1) is 8.58. The predicted molar refractivity (Wildman–Crippen MR) is 72.7 cm³/mol. The third-order valence-electron chi connectivity index (χ3n) is 3.14. The van der Waals surface area contributed by atoms with Crippen LogP contribution in [0.4, 0.5) is 5.69 Å². The van der Waals surface area contributed by atoms with Gasteiger partial charge in [0.25, 0.3) is 0 Å². The van der Waals surface area contributed by atoms with Crippen molar-refractivity contribution >= 4 is 11.5 Å². The van der Waals surface area contributed by atoms with Gasteiger partial charge in [-0.2, -0.15) is 0 Å². The van der Waals surface area contributed by atoms with Crippen LogP contribution in [0.2, 0.25) is 0 Å². The van der Waals surface area contributed by atoms with Crippen molar-refractivity contribution in [3.05, 3.63) is 23.8 Å². The smallest absolute Gasteiger partial charge is 0.159 e. The van der Waals surface area contributed by atoms with Gasteiger partial charge in [-0.05, 0) is 39.2 Å². The molecule has 0 radical (unpaired) electrons. The van der Waals surface area contributed by atoms with Crippen LogP contribution in [0.3, 0.4) is 0 Å².